The van der Waals surface area contributed by atoms with Crippen molar-refractivity contribution in [2.75, 3.05) is 0 Å². The van der Waals surface area contributed by atoms with Crippen molar-refractivity contribution in [2.24, 2.45) is 35.0 Å². The van der Waals surface area contributed by atoms with Crippen molar-refractivity contribution in [2.45, 2.75) is 91.4 Å². The Morgan fingerprint density at radius 3 is 2.74 bits per heavy atom. The summed E-state index contributed by atoms with van der Waals surface area (Å²) in [5, 5.41) is 9.08. The molecule has 0 aromatic rings. The summed E-state index contributed by atoms with van der Waals surface area (Å²) < 4.78 is 0. The Balaban J connectivity index is 1.86. The summed E-state index contributed by atoms with van der Waals surface area (Å²) in [4.78, 5) is 23.0. The maximum Gasteiger partial charge on any atom is 0.303 e. The van der Waals surface area contributed by atoms with Gasteiger partial charge in [0, 0.05) is 12.8 Å². The van der Waals surface area contributed by atoms with Crippen LogP contribution < -0.4 is 0 Å². The fraction of sp³-hybridized carbons (Fsp3) is 0.833. The number of carbonyl (C=O) groups is 2. The van der Waals surface area contributed by atoms with Gasteiger partial charge in [-0.15, -0.1) is 0 Å². The van der Waals surface area contributed by atoms with Crippen molar-refractivity contribution >= 4 is 11.8 Å². The van der Waals surface area contributed by atoms with Gasteiger partial charge in [0.2, 0.25) is 0 Å². The van der Waals surface area contributed by atoms with E-state index in [2.05, 4.69) is 20.8 Å². The first kappa shape index (κ1) is 20.6. The van der Waals surface area contributed by atoms with Gasteiger partial charge in [-0.1, -0.05) is 39.2 Å². The molecule has 0 bridgehead atoms. The number of allylic oxidation sites excluding steroid dienone is 2. The van der Waals surface area contributed by atoms with Gasteiger partial charge in [0.25, 0.3) is 0 Å². The number of ketones is 1. The highest BCUT2D eigenvalue weighted by Gasteiger charge is 2.52. The number of hydrogen-bond acceptors (Lipinski definition) is 2. The van der Waals surface area contributed by atoms with E-state index in [4.69, 9.17) is 5.11 Å². The molecule has 3 nitrogen and oxygen atoms in total. The molecule has 152 valence electrons. The van der Waals surface area contributed by atoms with Crippen molar-refractivity contribution in [1.29, 1.82) is 0 Å². The fourth-order valence-electron chi connectivity index (χ4n) is 7.01. The van der Waals surface area contributed by atoms with Crippen LogP contribution >= 0.6 is 0 Å². The van der Waals surface area contributed by atoms with Crippen LogP contribution in [0.4, 0.5) is 0 Å². The molecule has 0 aromatic heterocycles. The van der Waals surface area contributed by atoms with Gasteiger partial charge >= 0.3 is 5.97 Å². The van der Waals surface area contributed by atoms with Crippen LogP contribution in [0.25, 0.3) is 0 Å². The van der Waals surface area contributed by atoms with Gasteiger partial charge in [-0.2, -0.15) is 0 Å². The first-order valence-electron chi connectivity index (χ1n) is 11.3. The third-order valence-electron chi connectivity index (χ3n) is 8.25. The summed E-state index contributed by atoms with van der Waals surface area (Å²) in [6.07, 6.45) is 13.3. The highest BCUT2D eigenvalue weighted by molar-refractivity contribution is 5.91. The van der Waals surface area contributed by atoms with E-state index < -0.39 is 5.97 Å². The summed E-state index contributed by atoms with van der Waals surface area (Å²) in [6.45, 7) is 7.08. The standard InChI is InChI=1S/C24H38O3/c1-4-7-21-23-16(5-2)14-17-15-18(25)9-10-19(17)20(23)11-13-24(21,3)12-6-8-22(26)27/h15-16,19-21,23H,4-14H2,1-3H3,(H,26,27). The molecule has 3 aliphatic carbocycles. The zero-order chi connectivity index (χ0) is 19.6. The smallest absolute Gasteiger partial charge is 0.303 e. The Bertz CT molecular complexity index is 592. The van der Waals surface area contributed by atoms with Crippen LogP contribution in [0.2, 0.25) is 0 Å². The van der Waals surface area contributed by atoms with Crippen LogP contribution in [-0.4, -0.2) is 16.9 Å². The SMILES string of the molecule is CCCC1C2C(CC)CC3=CC(=O)CCC3C2CCC1(C)CCCC(=O)O. The Morgan fingerprint density at radius 2 is 2.07 bits per heavy atom. The van der Waals surface area contributed by atoms with E-state index in [-0.39, 0.29) is 5.41 Å². The van der Waals surface area contributed by atoms with Crippen LogP contribution in [-0.2, 0) is 9.59 Å². The zero-order valence-electron chi connectivity index (χ0n) is 17.5. The molecular weight excluding hydrogens is 336 g/mol. The first-order chi connectivity index (χ1) is 12.9. The summed E-state index contributed by atoms with van der Waals surface area (Å²) >= 11 is 0. The zero-order valence-corrected chi connectivity index (χ0v) is 17.5. The lowest BCUT2D eigenvalue weighted by Gasteiger charge is -2.58. The van der Waals surface area contributed by atoms with E-state index in [1.165, 1.54) is 37.7 Å². The van der Waals surface area contributed by atoms with Gasteiger partial charge in [0.1, 0.15) is 0 Å². The second-order valence-corrected chi connectivity index (χ2v) is 9.78. The van der Waals surface area contributed by atoms with Crippen LogP contribution in [0, 0.1) is 35.0 Å². The number of fused-ring (bicyclic) bond motifs is 3. The van der Waals surface area contributed by atoms with Gasteiger partial charge in [-0.05, 0) is 86.0 Å². The molecule has 27 heavy (non-hydrogen) atoms. The summed E-state index contributed by atoms with van der Waals surface area (Å²) in [5.41, 5.74) is 1.75. The van der Waals surface area contributed by atoms with Crippen molar-refractivity contribution in [3.8, 4) is 0 Å². The average Bonchev–Trinajstić information content (AvgIpc) is 2.62. The van der Waals surface area contributed by atoms with E-state index in [0.29, 0.717) is 30.0 Å². The van der Waals surface area contributed by atoms with Crippen LogP contribution in [0.1, 0.15) is 91.4 Å². The molecule has 2 fully saturated rings. The predicted octanol–water partition coefficient (Wildman–Crippen LogP) is 6.03. The average molecular weight is 375 g/mol. The lowest BCUT2D eigenvalue weighted by molar-refractivity contribution is -0.137. The normalized spacial score (nSPS) is 38.7. The lowest BCUT2D eigenvalue weighted by Crippen LogP contribution is -2.50. The second-order valence-electron chi connectivity index (χ2n) is 9.78. The molecule has 0 saturated heterocycles. The molecule has 3 heteroatoms. The van der Waals surface area contributed by atoms with Crippen LogP contribution in [0.3, 0.4) is 0 Å². The summed E-state index contributed by atoms with van der Waals surface area (Å²) in [7, 11) is 0. The Labute approximate surface area is 165 Å². The van der Waals surface area contributed by atoms with Crippen molar-refractivity contribution < 1.29 is 14.7 Å². The van der Waals surface area contributed by atoms with Crippen LogP contribution in [0.5, 0.6) is 0 Å². The number of carbonyl (C=O) groups excluding carboxylic acids is 1. The third-order valence-corrected chi connectivity index (χ3v) is 8.25. The van der Waals surface area contributed by atoms with Crippen molar-refractivity contribution in [1.82, 2.24) is 0 Å². The molecule has 6 atom stereocenters. The van der Waals surface area contributed by atoms with Gasteiger partial charge in [0.15, 0.2) is 5.78 Å². The van der Waals surface area contributed by atoms with Gasteiger partial charge in [0.05, 0.1) is 0 Å². The summed E-state index contributed by atoms with van der Waals surface area (Å²) in [5.74, 6) is 3.22. The van der Waals surface area contributed by atoms with E-state index in [1.54, 1.807) is 0 Å². The van der Waals surface area contributed by atoms with Gasteiger partial charge < -0.3 is 5.11 Å². The molecule has 0 spiro atoms. The second kappa shape index (κ2) is 8.49. The minimum Gasteiger partial charge on any atom is -0.481 e. The van der Waals surface area contributed by atoms with E-state index in [0.717, 1.165) is 43.9 Å². The fourth-order valence-corrected chi connectivity index (χ4v) is 7.01. The number of carboxylic acid groups (broad SMARTS) is 1. The van der Waals surface area contributed by atoms with E-state index >= 15 is 0 Å². The molecule has 0 aromatic carbocycles. The first-order valence-corrected chi connectivity index (χ1v) is 11.3. The predicted molar refractivity (Wildman–Crippen MR) is 108 cm³/mol. The largest absolute Gasteiger partial charge is 0.481 e. The molecule has 2 saturated carbocycles. The van der Waals surface area contributed by atoms with Crippen molar-refractivity contribution in [3.05, 3.63) is 11.6 Å². The molecule has 0 amide bonds. The number of hydrogen-bond donors (Lipinski definition) is 1. The quantitative estimate of drug-likeness (QED) is 0.592. The highest BCUT2D eigenvalue weighted by Crippen LogP contribution is 2.61. The lowest BCUT2D eigenvalue weighted by atomic mass is 9.47. The molecular formula is C24H38O3. The number of carboxylic acids is 1. The number of aliphatic carboxylic acids is 1. The molecule has 0 heterocycles. The molecule has 6 unspecified atom stereocenters. The molecule has 0 aliphatic heterocycles. The molecule has 3 rings (SSSR count). The molecule has 3 aliphatic rings. The van der Waals surface area contributed by atoms with Crippen LogP contribution in [0.15, 0.2) is 11.6 Å². The Hall–Kier alpha value is -1.12. The topological polar surface area (TPSA) is 54.4 Å². The number of rotatable bonds is 7. The highest BCUT2D eigenvalue weighted by atomic mass is 16.4. The molecule has 0 radical (unpaired) electrons. The van der Waals surface area contributed by atoms with E-state index in [1.807, 2.05) is 6.08 Å². The Kier molecular flexibility index (Phi) is 6.48. The minimum atomic E-state index is -0.662. The minimum absolute atomic E-state index is 0.283. The maximum absolute atomic E-state index is 12.0. The monoisotopic (exact) mass is 374 g/mol. The van der Waals surface area contributed by atoms with E-state index in [9.17, 15) is 9.59 Å². The Morgan fingerprint density at radius 1 is 1.30 bits per heavy atom. The summed E-state index contributed by atoms with van der Waals surface area (Å²) in [6, 6.07) is 0. The molecule has 1 N–H and O–H groups in total. The van der Waals surface area contributed by atoms with Gasteiger partial charge in [-0.25, -0.2) is 0 Å². The van der Waals surface area contributed by atoms with Gasteiger partial charge in [-0.3, -0.25) is 9.59 Å². The van der Waals surface area contributed by atoms with Crippen molar-refractivity contribution in [3.63, 3.8) is 0 Å². The maximum atomic E-state index is 12.0. The third kappa shape index (κ3) is 4.17.